The number of piperazine rings is 1. The number of nitrogens with zero attached hydrogens (tertiary/aromatic N) is 1. The smallest absolute Gasteiger partial charge is 0.317 e. The summed E-state index contributed by atoms with van der Waals surface area (Å²) in [6.07, 6.45) is 0. The van der Waals surface area contributed by atoms with E-state index in [1.54, 1.807) is 13.2 Å². The first-order valence-electron chi connectivity index (χ1n) is 7.50. The van der Waals surface area contributed by atoms with Crippen LogP contribution in [0.3, 0.4) is 0 Å². The van der Waals surface area contributed by atoms with Crippen LogP contribution in [0.15, 0.2) is 24.3 Å². The molecule has 1 aromatic carbocycles. The molecule has 7 nitrogen and oxygen atoms in total. The molecule has 3 N–H and O–H groups in total. The van der Waals surface area contributed by atoms with Crippen molar-refractivity contribution in [3.63, 3.8) is 0 Å². The Morgan fingerprint density at radius 2 is 1.95 bits per heavy atom. The van der Waals surface area contributed by atoms with Crippen LogP contribution >= 0.6 is 0 Å². The summed E-state index contributed by atoms with van der Waals surface area (Å²) in [4.78, 5) is 14.0. The topological polar surface area (TPSA) is 74.9 Å². The lowest BCUT2D eigenvalue weighted by Crippen LogP contribution is -2.47. The zero-order valence-electron chi connectivity index (χ0n) is 12.9. The van der Waals surface area contributed by atoms with Crippen LogP contribution < -0.4 is 25.4 Å². The van der Waals surface area contributed by atoms with Gasteiger partial charge in [-0.1, -0.05) is 12.1 Å². The number of carbonyl (C=O) groups excluding carboxylic acids is 1. The van der Waals surface area contributed by atoms with Gasteiger partial charge in [0.2, 0.25) is 0 Å². The summed E-state index contributed by atoms with van der Waals surface area (Å²) in [6.45, 7) is 5.67. The van der Waals surface area contributed by atoms with E-state index in [0.29, 0.717) is 18.0 Å². The molecule has 1 aliphatic heterocycles. The van der Waals surface area contributed by atoms with Crippen LogP contribution in [-0.4, -0.2) is 64.0 Å². The molecule has 0 saturated carbocycles. The second-order valence-corrected chi connectivity index (χ2v) is 4.96. The third kappa shape index (κ3) is 5.42. The molecule has 1 fully saturated rings. The minimum Gasteiger partial charge on any atom is -0.493 e. The van der Waals surface area contributed by atoms with Gasteiger partial charge in [-0.2, -0.15) is 0 Å². The average Bonchev–Trinajstić information content (AvgIpc) is 2.56. The van der Waals surface area contributed by atoms with Gasteiger partial charge in [0.1, 0.15) is 0 Å². The van der Waals surface area contributed by atoms with Crippen molar-refractivity contribution in [1.29, 1.82) is 0 Å². The molecule has 1 saturated heterocycles. The predicted molar refractivity (Wildman–Crippen MR) is 84.3 cm³/mol. The number of urea groups is 1. The Balaban J connectivity index is 1.59. The third-order valence-electron chi connectivity index (χ3n) is 3.45. The first kappa shape index (κ1) is 16.4. The van der Waals surface area contributed by atoms with Gasteiger partial charge < -0.3 is 25.4 Å². The van der Waals surface area contributed by atoms with Crippen molar-refractivity contribution >= 4 is 6.03 Å². The minimum atomic E-state index is -0.231. The summed E-state index contributed by atoms with van der Waals surface area (Å²) < 4.78 is 10.7. The van der Waals surface area contributed by atoms with Gasteiger partial charge in [0.05, 0.1) is 7.11 Å². The number of hydrogen-bond donors (Lipinski definition) is 3. The summed E-state index contributed by atoms with van der Waals surface area (Å²) in [5.74, 6) is 1.24. The number of hydrogen-bond acceptors (Lipinski definition) is 5. The summed E-state index contributed by atoms with van der Waals surface area (Å²) >= 11 is 0. The molecule has 1 aliphatic rings. The fourth-order valence-corrected chi connectivity index (χ4v) is 2.24. The van der Waals surface area contributed by atoms with Gasteiger partial charge in [-0.25, -0.2) is 4.79 Å². The molecule has 0 unspecified atom stereocenters. The van der Waals surface area contributed by atoms with Gasteiger partial charge in [-0.3, -0.25) is 4.90 Å². The first-order valence-corrected chi connectivity index (χ1v) is 7.50. The Hall–Kier alpha value is -1.99. The molecule has 0 bridgehead atoms. The van der Waals surface area contributed by atoms with E-state index in [4.69, 9.17) is 9.47 Å². The number of para-hydroxylation sites is 2. The van der Waals surface area contributed by atoms with E-state index in [2.05, 4.69) is 20.9 Å². The fraction of sp³-hybridized carbons (Fsp3) is 0.533. The Kier molecular flexibility index (Phi) is 6.79. The van der Waals surface area contributed by atoms with Crippen molar-refractivity contribution in [2.75, 3.05) is 53.1 Å². The van der Waals surface area contributed by atoms with Gasteiger partial charge in [0, 0.05) is 39.3 Å². The van der Waals surface area contributed by atoms with Crippen molar-refractivity contribution in [2.24, 2.45) is 0 Å². The molecule has 22 heavy (non-hydrogen) atoms. The Morgan fingerprint density at radius 1 is 1.23 bits per heavy atom. The first-order chi connectivity index (χ1) is 10.8. The highest BCUT2D eigenvalue weighted by Crippen LogP contribution is 2.25. The van der Waals surface area contributed by atoms with Gasteiger partial charge in [-0.15, -0.1) is 0 Å². The maximum atomic E-state index is 11.7. The van der Waals surface area contributed by atoms with Crippen LogP contribution in [0.1, 0.15) is 0 Å². The standard InChI is InChI=1S/C15H24N4O3/c1-21-13-4-2-3-5-14(13)22-12-18-15(20)17-8-11-19-9-6-16-7-10-19/h2-5,16H,6-12H2,1H3,(H2,17,18,20). The van der Waals surface area contributed by atoms with E-state index in [1.165, 1.54) is 0 Å². The number of carbonyl (C=O) groups is 1. The van der Waals surface area contributed by atoms with Crippen LogP contribution in [-0.2, 0) is 0 Å². The highest BCUT2D eigenvalue weighted by atomic mass is 16.5. The SMILES string of the molecule is COc1ccccc1OCNC(=O)NCCN1CCNCC1. The summed E-state index contributed by atoms with van der Waals surface area (Å²) in [7, 11) is 1.58. The largest absolute Gasteiger partial charge is 0.493 e. The minimum absolute atomic E-state index is 0.0971. The van der Waals surface area contributed by atoms with Crippen LogP contribution in [0, 0.1) is 0 Å². The molecule has 0 radical (unpaired) electrons. The lowest BCUT2D eigenvalue weighted by molar-refractivity contribution is 0.214. The molecule has 1 aromatic rings. The average molecular weight is 308 g/mol. The van der Waals surface area contributed by atoms with E-state index in [0.717, 1.165) is 32.7 Å². The molecule has 2 rings (SSSR count). The molecule has 1 heterocycles. The zero-order chi connectivity index (χ0) is 15.6. The zero-order valence-corrected chi connectivity index (χ0v) is 12.9. The highest BCUT2D eigenvalue weighted by Gasteiger charge is 2.09. The Bertz CT molecular complexity index is 464. The van der Waals surface area contributed by atoms with E-state index < -0.39 is 0 Å². The van der Waals surface area contributed by atoms with Gasteiger partial charge in [0.25, 0.3) is 0 Å². The predicted octanol–water partition coefficient (Wildman–Crippen LogP) is 0.236. The summed E-state index contributed by atoms with van der Waals surface area (Å²) in [5, 5.41) is 8.78. The number of benzene rings is 1. The number of nitrogens with one attached hydrogen (secondary N) is 3. The molecule has 0 aromatic heterocycles. The monoisotopic (exact) mass is 308 g/mol. The summed E-state index contributed by atoms with van der Waals surface area (Å²) in [5.41, 5.74) is 0. The second kappa shape index (κ2) is 9.11. The van der Waals surface area contributed by atoms with E-state index >= 15 is 0 Å². The fourth-order valence-electron chi connectivity index (χ4n) is 2.24. The lowest BCUT2D eigenvalue weighted by atomic mass is 10.3. The van der Waals surface area contributed by atoms with Crippen LogP contribution in [0.25, 0.3) is 0 Å². The Labute approximate surface area is 131 Å². The lowest BCUT2D eigenvalue weighted by Gasteiger charge is -2.27. The Morgan fingerprint density at radius 3 is 2.68 bits per heavy atom. The molecular formula is C15H24N4O3. The molecule has 122 valence electrons. The second-order valence-electron chi connectivity index (χ2n) is 4.96. The van der Waals surface area contributed by atoms with Gasteiger partial charge >= 0.3 is 6.03 Å². The third-order valence-corrected chi connectivity index (χ3v) is 3.45. The van der Waals surface area contributed by atoms with Crippen molar-refractivity contribution in [1.82, 2.24) is 20.9 Å². The molecule has 2 amide bonds. The number of methoxy groups -OCH3 is 1. The normalized spacial score (nSPS) is 15.1. The molecule has 0 spiro atoms. The number of amides is 2. The highest BCUT2D eigenvalue weighted by molar-refractivity contribution is 5.73. The van der Waals surface area contributed by atoms with Crippen LogP contribution in [0.2, 0.25) is 0 Å². The quantitative estimate of drug-likeness (QED) is 0.629. The maximum Gasteiger partial charge on any atom is 0.317 e. The molecule has 0 atom stereocenters. The van der Waals surface area contributed by atoms with Gasteiger partial charge in [-0.05, 0) is 12.1 Å². The molecule has 7 heteroatoms. The van der Waals surface area contributed by atoms with Crippen molar-refractivity contribution in [3.05, 3.63) is 24.3 Å². The maximum absolute atomic E-state index is 11.7. The van der Waals surface area contributed by atoms with Crippen molar-refractivity contribution in [3.8, 4) is 11.5 Å². The van der Waals surface area contributed by atoms with Gasteiger partial charge in [0.15, 0.2) is 18.2 Å². The van der Waals surface area contributed by atoms with Crippen molar-refractivity contribution in [2.45, 2.75) is 0 Å². The molecule has 0 aliphatic carbocycles. The number of rotatable bonds is 7. The van der Waals surface area contributed by atoms with Crippen LogP contribution in [0.4, 0.5) is 4.79 Å². The van der Waals surface area contributed by atoms with E-state index in [9.17, 15) is 4.79 Å². The summed E-state index contributed by atoms with van der Waals surface area (Å²) in [6, 6.07) is 7.09. The van der Waals surface area contributed by atoms with E-state index in [-0.39, 0.29) is 12.8 Å². The van der Waals surface area contributed by atoms with E-state index in [1.807, 2.05) is 18.2 Å². The van der Waals surface area contributed by atoms with Crippen LogP contribution in [0.5, 0.6) is 11.5 Å². The molecular weight excluding hydrogens is 284 g/mol. The van der Waals surface area contributed by atoms with Crippen molar-refractivity contribution < 1.29 is 14.3 Å². The number of ether oxygens (including phenoxy) is 2.